The fourth-order valence-corrected chi connectivity index (χ4v) is 4.88. The fourth-order valence-electron chi connectivity index (χ4n) is 4.88. The summed E-state index contributed by atoms with van der Waals surface area (Å²) in [7, 11) is 6.41. The Morgan fingerprint density at radius 1 is 1.09 bits per heavy atom. The normalized spacial score (nSPS) is 17.8. The molecule has 0 aromatic heterocycles. The number of benzene rings is 1. The van der Waals surface area contributed by atoms with Gasteiger partial charge in [0, 0.05) is 37.8 Å². The van der Waals surface area contributed by atoms with Gasteiger partial charge in [0.2, 0.25) is 5.91 Å². The number of anilines is 1. The molecule has 4 heteroatoms. The van der Waals surface area contributed by atoms with Crippen LogP contribution in [-0.2, 0) is 11.2 Å². The number of likely N-dealkylation sites (N-methyl/N-ethyl adjacent to an activating group) is 1. The minimum absolute atomic E-state index is 0.136. The van der Waals surface area contributed by atoms with Crippen molar-refractivity contribution >= 4 is 17.7 Å². The van der Waals surface area contributed by atoms with Gasteiger partial charge in [-0.25, -0.2) is 0 Å². The molecule has 1 atom stereocenters. The van der Waals surface area contributed by atoms with Gasteiger partial charge in [-0.3, -0.25) is 9.69 Å². The second-order valence-electron chi connectivity index (χ2n) is 10.8. The molecule has 1 amide bonds. The molecule has 4 nitrogen and oxygen atoms in total. The maximum Gasteiger partial charge on any atom is 0.220 e. The minimum Gasteiger partial charge on any atom is -0.377 e. The van der Waals surface area contributed by atoms with E-state index >= 15 is 0 Å². The molecule has 0 fully saturated rings. The van der Waals surface area contributed by atoms with Crippen molar-refractivity contribution in [2.45, 2.75) is 72.4 Å². The van der Waals surface area contributed by atoms with Crippen LogP contribution in [0.2, 0.25) is 0 Å². The Bertz CT molecular complexity index is 989. The third kappa shape index (κ3) is 5.35. The van der Waals surface area contributed by atoms with E-state index in [4.69, 9.17) is 0 Å². The molecule has 1 N–H and O–H groups in total. The van der Waals surface area contributed by atoms with E-state index in [0.29, 0.717) is 6.42 Å². The van der Waals surface area contributed by atoms with Crippen LogP contribution in [0.4, 0.5) is 5.69 Å². The summed E-state index contributed by atoms with van der Waals surface area (Å²) in [5, 5.41) is 3.06. The van der Waals surface area contributed by atoms with E-state index in [-0.39, 0.29) is 17.5 Å². The molecular formula is C28H41N3O. The van der Waals surface area contributed by atoms with Crippen molar-refractivity contribution in [3.63, 3.8) is 0 Å². The van der Waals surface area contributed by atoms with E-state index in [1.54, 1.807) is 0 Å². The van der Waals surface area contributed by atoms with E-state index in [2.05, 4.69) is 81.3 Å². The van der Waals surface area contributed by atoms with Gasteiger partial charge in [0.1, 0.15) is 0 Å². The number of hydrogen-bond donors (Lipinski definition) is 1. The van der Waals surface area contributed by atoms with Crippen molar-refractivity contribution < 1.29 is 4.79 Å². The van der Waals surface area contributed by atoms with E-state index in [0.717, 1.165) is 19.4 Å². The molecule has 3 rings (SSSR count). The average Bonchev–Trinajstić information content (AvgIpc) is 2.67. The minimum atomic E-state index is -0.167. The monoisotopic (exact) mass is 435 g/mol. The Hall–Kier alpha value is -2.33. The summed E-state index contributed by atoms with van der Waals surface area (Å²) >= 11 is 0. The summed E-state index contributed by atoms with van der Waals surface area (Å²) in [6, 6.07) is 2.65. The van der Waals surface area contributed by atoms with Gasteiger partial charge in [-0.1, -0.05) is 17.7 Å². The lowest BCUT2D eigenvalue weighted by Crippen LogP contribution is -2.41. The molecule has 0 spiro atoms. The summed E-state index contributed by atoms with van der Waals surface area (Å²) in [4.78, 5) is 16.7. The number of fused-ring (bicyclic) bond motifs is 2. The van der Waals surface area contributed by atoms with Crippen molar-refractivity contribution in [3.05, 3.63) is 57.2 Å². The molecule has 0 saturated heterocycles. The number of nitrogens with one attached hydrogen (secondary N) is 1. The number of nitrogens with zero attached hydrogens (tertiary/aromatic N) is 2. The predicted molar refractivity (Wildman–Crippen MR) is 137 cm³/mol. The molecule has 1 aromatic rings. The molecule has 0 radical (unpaired) electrons. The number of allylic oxidation sites excluding steroid dienone is 3. The second kappa shape index (κ2) is 9.27. The summed E-state index contributed by atoms with van der Waals surface area (Å²) in [5.41, 5.74) is 10.8. The van der Waals surface area contributed by atoms with Gasteiger partial charge in [-0.15, -0.1) is 0 Å². The van der Waals surface area contributed by atoms with Crippen molar-refractivity contribution in [3.8, 4) is 0 Å². The number of carbonyl (C=O) groups is 1. The third-order valence-electron chi connectivity index (χ3n) is 6.65. The Labute approximate surface area is 195 Å². The van der Waals surface area contributed by atoms with Gasteiger partial charge in [-0.05, 0) is 114 Å². The zero-order valence-electron chi connectivity index (χ0n) is 21.5. The van der Waals surface area contributed by atoms with Gasteiger partial charge in [0.05, 0.1) is 0 Å². The number of amides is 1. The average molecular weight is 436 g/mol. The largest absolute Gasteiger partial charge is 0.377 e. The highest BCUT2D eigenvalue weighted by Crippen LogP contribution is 2.39. The fraction of sp³-hybridized carbons (Fsp3) is 0.536. The molecule has 1 aromatic carbocycles. The summed E-state index contributed by atoms with van der Waals surface area (Å²) in [6.07, 6.45) is 9.58. The molecule has 0 bridgehead atoms. The van der Waals surface area contributed by atoms with Crippen LogP contribution >= 0.6 is 0 Å². The third-order valence-corrected chi connectivity index (χ3v) is 6.65. The molecule has 2 aliphatic carbocycles. The smallest absolute Gasteiger partial charge is 0.220 e. The van der Waals surface area contributed by atoms with Crippen LogP contribution in [0.25, 0.3) is 6.08 Å². The lowest BCUT2D eigenvalue weighted by atomic mass is 9.79. The molecule has 0 aliphatic heterocycles. The summed E-state index contributed by atoms with van der Waals surface area (Å²) in [5.74, 6) is 0.136. The first-order valence-corrected chi connectivity index (χ1v) is 11.8. The molecule has 32 heavy (non-hydrogen) atoms. The molecular weight excluding hydrogens is 394 g/mol. The first kappa shape index (κ1) is 24.3. The van der Waals surface area contributed by atoms with Crippen molar-refractivity contribution in [2.24, 2.45) is 0 Å². The lowest BCUT2D eigenvalue weighted by Gasteiger charge is -2.33. The first-order valence-electron chi connectivity index (χ1n) is 11.8. The van der Waals surface area contributed by atoms with E-state index in [1.807, 2.05) is 20.8 Å². The van der Waals surface area contributed by atoms with E-state index < -0.39 is 0 Å². The van der Waals surface area contributed by atoms with Gasteiger partial charge in [0.25, 0.3) is 0 Å². The zero-order chi connectivity index (χ0) is 23.8. The van der Waals surface area contributed by atoms with Crippen molar-refractivity contribution in [2.75, 3.05) is 32.6 Å². The molecule has 1 unspecified atom stereocenters. The Balaban J connectivity index is 1.75. The number of hydrogen-bond acceptors (Lipinski definition) is 3. The topological polar surface area (TPSA) is 35.6 Å². The van der Waals surface area contributed by atoms with Crippen LogP contribution in [0.3, 0.4) is 0 Å². The van der Waals surface area contributed by atoms with Gasteiger partial charge in [-0.2, -0.15) is 0 Å². The maximum absolute atomic E-state index is 12.1. The van der Waals surface area contributed by atoms with Crippen molar-refractivity contribution in [1.82, 2.24) is 10.2 Å². The Morgan fingerprint density at radius 2 is 1.78 bits per heavy atom. The molecule has 0 heterocycles. The van der Waals surface area contributed by atoms with Crippen LogP contribution in [0.1, 0.15) is 62.8 Å². The Morgan fingerprint density at radius 3 is 2.41 bits per heavy atom. The second-order valence-corrected chi connectivity index (χ2v) is 10.8. The van der Waals surface area contributed by atoms with Crippen molar-refractivity contribution in [1.29, 1.82) is 0 Å². The highest BCUT2D eigenvalue weighted by molar-refractivity contribution is 5.77. The molecule has 174 valence electrons. The van der Waals surface area contributed by atoms with Crippen LogP contribution in [0.15, 0.2) is 34.9 Å². The predicted octanol–water partition coefficient (Wildman–Crippen LogP) is 5.19. The zero-order valence-corrected chi connectivity index (χ0v) is 21.5. The molecule has 2 aliphatic rings. The van der Waals surface area contributed by atoms with Crippen LogP contribution in [-0.4, -0.2) is 50.1 Å². The number of carbonyl (C=O) groups excluding carboxylic acids is 1. The van der Waals surface area contributed by atoms with Gasteiger partial charge < -0.3 is 10.2 Å². The standard InChI is InChI=1S/C28H41N3O/c1-18-13-21-15-24-19(2)20(3)26(30(7)8)17-23(24)14-22(21)16-25(18)31(9)12-10-11-27(32)29-28(4,5)6/h13,15-17,25H,10-12,14H2,1-9H3,(H,29,32). The first-order chi connectivity index (χ1) is 14.9. The lowest BCUT2D eigenvalue weighted by molar-refractivity contribution is -0.122. The van der Waals surface area contributed by atoms with E-state index in [1.165, 1.54) is 44.7 Å². The number of rotatable bonds is 6. The highest BCUT2D eigenvalue weighted by Gasteiger charge is 2.25. The Kier molecular flexibility index (Phi) is 7.04. The summed E-state index contributed by atoms with van der Waals surface area (Å²) in [6.45, 7) is 13.7. The quantitative estimate of drug-likeness (QED) is 0.668. The van der Waals surface area contributed by atoms with Crippen LogP contribution in [0, 0.1) is 13.8 Å². The maximum atomic E-state index is 12.1. The van der Waals surface area contributed by atoms with E-state index in [9.17, 15) is 4.79 Å². The van der Waals surface area contributed by atoms with Crippen LogP contribution < -0.4 is 10.2 Å². The molecule has 0 saturated carbocycles. The van der Waals surface area contributed by atoms with Gasteiger partial charge >= 0.3 is 0 Å². The SMILES string of the molecule is CC1=CC2=Cc3c(cc(N(C)C)c(C)c3C)CC2=CC1N(C)CCCC(=O)NC(C)(C)C. The van der Waals surface area contributed by atoms with Crippen LogP contribution in [0.5, 0.6) is 0 Å². The highest BCUT2D eigenvalue weighted by atomic mass is 16.1. The van der Waals surface area contributed by atoms with Gasteiger partial charge in [0.15, 0.2) is 0 Å². The summed E-state index contributed by atoms with van der Waals surface area (Å²) < 4.78 is 0.